The van der Waals surface area contributed by atoms with Crippen molar-refractivity contribution in [3.63, 3.8) is 0 Å². The second kappa shape index (κ2) is 8.68. The monoisotopic (exact) mass is 496 g/mol. The number of hydrogen-bond acceptors (Lipinski definition) is 2. The highest BCUT2D eigenvalue weighted by Crippen LogP contribution is 2.49. The Balaban J connectivity index is 1.34. The lowest BCUT2D eigenvalue weighted by atomic mass is 9.94. The van der Waals surface area contributed by atoms with E-state index in [0.717, 1.165) is 22.4 Å². The second-order valence-corrected chi connectivity index (χ2v) is 10.0. The first-order chi connectivity index (χ1) is 19.4. The molecule has 0 spiro atoms. The molecule has 2 heteroatoms. The summed E-state index contributed by atoms with van der Waals surface area (Å²) < 4.78 is 0. The predicted octanol–water partition coefficient (Wildman–Crippen LogP) is 10.2. The SMILES string of the molecule is c1ccc(N(c2cccc(-c3ccc4c5c(cccc35)-c3ccccc3-4)c2)c2cccc3cnccc23)cc1. The lowest BCUT2D eigenvalue weighted by Gasteiger charge is -2.27. The van der Waals surface area contributed by atoms with E-state index in [-0.39, 0.29) is 0 Å². The summed E-state index contributed by atoms with van der Waals surface area (Å²) in [7, 11) is 0. The van der Waals surface area contributed by atoms with E-state index >= 15 is 0 Å². The summed E-state index contributed by atoms with van der Waals surface area (Å²) in [5.41, 5.74) is 11.1. The van der Waals surface area contributed by atoms with Gasteiger partial charge < -0.3 is 4.90 Å². The van der Waals surface area contributed by atoms with E-state index in [2.05, 4.69) is 143 Å². The van der Waals surface area contributed by atoms with E-state index in [4.69, 9.17) is 0 Å². The normalized spacial score (nSPS) is 11.6. The standard InChI is InChI=1S/C37H24N2/c1-2-11-27(12-3-1)39(36-18-7-10-26-24-38-22-21-30(26)36)28-13-6-9-25(23-28)29-19-20-35-32-15-5-4-14-31(32)34-17-8-16-33(29)37(34)35/h1-24H. The Labute approximate surface area is 227 Å². The molecule has 1 aliphatic carbocycles. The average Bonchev–Trinajstić information content (AvgIpc) is 3.34. The largest absolute Gasteiger partial charge is 0.310 e. The molecule has 0 N–H and O–H groups in total. The van der Waals surface area contributed by atoms with E-state index in [0.29, 0.717) is 0 Å². The third-order valence-corrected chi connectivity index (χ3v) is 7.88. The number of benzene rings is 6. The third-order valence-electron chi connectivity index (χ3n) is 7.88. The zero-order chi connectivity index (χ0) is 25.8. The fraction of sp³-hybridized carbons (Fsp3) is 0. The molecule has 6 aromatic carbocycles. The molecule has 7 aromatic rings. The maximum absolute atomic E-state index is 4.36. The first kappa shape index (κ1) is 21.8. The van der Waals surface area contributed by atoms with Crippen molar-refractivity contribution in [1.82, 2.24) is 4.98 Å². The van der Waals surface area contributed by atoms with Crippen molar-refractivity contribution in [2.24, 2.45) is 0 Å². The molecule has 0 radical (unpaired) electrons. The number of nitrogens with zero attached hydrogens (tertiary/aromatic N) is 2. The quantitative estimate of drug-likeness (QED) is 0.241. The van der Waals surface area contributed by atoms with Crippen molar-refractivity contribution < 1.29 is 0 Å². The van der Waals surface area contributed by atoms with Gasteiger partial charge in [0.2, 0.25) is 0 Å². The second-order valence-electron chi connectivity index (χ2n) is 10.0. The molecule has 0 fully saturated rings. The number of para-hydroxylation sites is 1. The number of rotatable bonds is 4. The van der Waals surface area contributed by atoms with Gasteiger partial charge in [-0.2, -0.15) is 0 Å². The van der Waals surface area contributed by atoms with E-state index in [9.17, 15) is 0 Å². The maximum Gasteiger partial charge on any atom is 0.0541 e. The van der Waals surface area contributed by atoms with Crippen LogP contribution in [-0.2, 0) is 0 Å². The van der Waals surface area contributed by atoms with Gasteiger partial charge in [-0.15, -0.1) is 0 Å². The van der Waals surface area contributed by atoms with Crippen LogP contribution in [-0.4, -0.2) is 4.98 Å². The molecule has 1 heterocycles. The molecule has 1 aliphatic rings. The van der Waals surface area contributed by atoms with Crippen LogP contribution in [0.3, 0.4) is 0 Å². The summed E-state index contributed by atoms with van der Waals surface area (Å²) in [6.45, 7) is 0. The molecule has 0 saturated carbocycles. The molecule has 2 nitrogen and oxygen atoms in total. The molecule has 0 saturated heterocycles. The Bertz CT molecular complexity index is 1990. The fourth-order valence-corrected chi connectivity index (χ4v) is 6.18. The fourth-order valence-electron chi connectivity index (χ4n) is 6.18. The van der Waals surface area contributed by atoms with Crippen LogP contribution in [0.15, 0.2) is 146 Å². The Hall–Kier alpha value is -5.21. The van der Waals surface area contributed by atoms with Gasteiger partial charge in [-0.05, 0) is 80.6 Å². The minimum atomic E-state index is 1.12. The summed E-state index contributed by atoms with van der Waals surface area (Å²) in [6.07, 6.45) is 3.80. The van der Waals surface area contributed by atoms with Crippen molar-refractivity contribution >= 4 is 38.6 Å². The number of fused-ring (bicyclic) bond motifs is 4. The van der Waals surface area contributed by atoms with Crippen LogP contribution in [0, 0.1) is 0 Å². The highest BCUT2D eigenvalue weighted by molar-refractivity contribution is 6.18. The first-order valence-corrected chi connectivity index (χ1v) is 13.3. The van der Waals surface area contributed by atoms with Crippen LogP contribution < -0.4 is 4.90 Å². The Kier molecular flexibility index (Phi) is 4.86. The van der Waals surface area contributed by atoms with E-state index in [1.165, 1.54) is 49.5 Å². The topological polar surface area (TPSA) is 16.1 Å². The van der Waals surface area contributed by atoms with Gasteiger partial charge in [0.25, 0.3) is 0 Å². The van der Waals surface area contributed by atoms with Gasteiger partial charge in [0.05, 0.1) is 5.69 Å². The highest BCUT2D eigenvalue weighted by Gasteiger charge is 2.22. The first-order valence-electron chi connectivity index (χ1n) is 13.3. The Morgan fingerprint density at radius 3 is 2.03 bits per heavy atom. The molecule has 0 atom stereocenters. The Morgan fingerprint density at radius 1 is 0.462 bits per heavy atom. The molecule has 182 valence electrons. The molecular weight excluding hydrogens is 472 g/mol. The van der Waals surface area contributed by atoms with Gasteiger partial charge in [-0.1, -0.05) is 97.1 Å². The maximum atomic E-state index is 4.36. The lowest BCUT2D eigenvalue weighted by molar-refractivity contribution is 1.29. The van der Waals surface area contributed by atoms with E-state index < -0.39 is 0 Å². The molecule has 0 aliphatic heterocycles. The van der Waals surface area contributed by atoms with Crippen LogP contribution in [0.25, 0.3) is 54.9 Å². The number of anilines is 3. The molecule has 0 bridgehead atoms. The molecule has 1 aromatic heterocycles. The van der Waals surface area contributed by atoms with Crippen molar-refractivity contribution in [2.45, 2.75) is 0 Å². The van der Waals surface area contributed by atoms with Gasteiger partial charge in [-0.3, -0.25) is 4.98 Å². The van der Waals surface area contributed by atoms with Crippen LogP contribution in [0.5, 0.6) is 0 Å². The van der Waals surface area contributed by atoms with Crippen molar-refractivity contribution in [1.29, 1.82) is 0 Å². The van der Waals surface area contributed by atoms with Gasteiger partial charge in [0.1, 0.15) is 0 Å². The average molecular weight is 497 g/mol. The van der Waals surface area contributed by atoms with Gasteiger partial charge in [0.15, 0.2) is 0 Å². The van der Waals surface area contributed by atoms with Gasteiger partial charge in [-0.25, -0.2) is 0 Å². The van der Waals surface area contributed by atoms with Crippen molar-refractivity contribution in [3.05, 3.63) is 146 Å². The van der Waals surface area contributed by atoms with Crippen LogP contribution in [0.1, 0.15) is 0 Å². The molecule has 0 unspecified atom stereocenters. The predicted molar refractivity (Wildman–Crippen MR) is 164 cm³/mol. The number of pyridine rings is 1. The summed E-state index contributed by atoms with van der Waals surface area (Å²) in [6, 6.07) is 48.1. The lowest BCUT2D eigenvalue weighted by Crippen LogP contribution is -2.10. The van der Waals surface area contributed by atoms with Crippen molar-refractivity contribution in [3.8, 4) is 33.4 Å². The van der Waals surface area contributed by atoms with Gasteiger partial charge in [0, 0.05) is 34.5 Å². The van der Waals surface area contributed by atoms with E-state index in [1.54, 1.807) is 0 Å². The van der Waals surface area contributed by atoms with Crippen molar-refractivity contribution in [2.75, 3.05) is 4.90 Å². The minimum Gasteiger partial charge on any atom is -0.310 e. The molecule has 0 amide bonds. The minimum absolute atomic E-state index is 1.12. The smallest absolute Gasteiger partial charge is 0.0541 e. The molecule has 39 heavy (non-hydrogen) atoms. The zero-order valence-corrected chi connectivity index (χ0v) is 21.3. The highest BCUT2D eigenvalue weighted by atomic mass is 15.1. The summed E-state index contributed by atoms with van der Waals surface area (Å²) >= 11 is 0. The zero-order valence-electron chi connectivity index (χ0n) is 21.3. The van der Waals surface area contributed by atoms with Crippen LogP contribution in [0.2, 0.25) is 0 Å². The van der Waals surface area contributed by atoms with Crippen LogP contribution >= 0.6 is 0 Å². The number of hydrogen-bond donors (Lipinski definition) is 0. The summed E-state index contributed by atoms with van der Waals surface area (Å²) in [5, 5.41) is 4.94. The summed E-state index contributed by atoms with van der Waals surface area (Å²) in [4.78, 5) is 6.71. The Morgan fingerprint density at radius 2 is 1.15 bits per heavy atom. The molecule has 8 rings (SSSR count). The van der Waals surface area contributed by atoms with Crippen LogP contribution in [0.4, 0.5) is 17.1 Å². The summed E-state index contributed by atoms with van der Waals surface area (Å²) in [5.74, 6) is 0. The number of aromatic nitrogens is 1. The van der Waals surface area contributed by atoms with Gasteiger partial charge >= 0.3 is 0 Å². The molecular formula is C37H24N2. The van der Waals surface area contributed by atoms with E-state index in [1.807, 2.05) is 12.4 Å². The third kappa shape index (κ3) is 3.39.